The first-order valence-electron chi connectivity index (χ1n) is 7.92. The van der Waals surface area contributed by atoms with Crippen molar-refractivity contribution in [3.63, 3.8) is 0 Å². The third-order valence-corrected chi connectivity index (χ3v) is 4.84. The number of aromatic amines is 1. The molecule has 3 rings (SSSR count). The molecule has 1 aromatic heterocycles. The molecule has 0 bridgehead atoms. The number of carbonyl (C=O) groups is 1. The summed E-state index contributed by atoms with van der Waals surface area (Å²) in [6, 6.07) is 1.55. The van der Waals surface area contributed by atoms with Gasteiger partial charge in [0.2, 0.25) is 0 Å². The molecule has 114 valence electrons. The molecule has 1 saturated carbocycles. The van der Waals surface area contributed by atoms with E-state index in [1.165, 1.54) is 44.4 Å². The van der Waals surface area contributed by atoms with Gasteiger partial charge in [-0.15, -0.1) is 0 Å². The molecule has 1 unspecified atom stereocenters. The lowest BCUT2D eigenvalue weighted by Gasteiger charge is -2.44. The Morgan fingerprint density at radius 2 is 2.10 bits per heavy atom. The molecule has 2 heterocycles. The zero-order valence-electron chi connectivity index (χ0n) is 12.3. The van der Waals surface area contributed by atoms with Crippen LogP contribution < -0.4 is 16.1 Å². The molecular weight excluding hydrogens is 266 g/mol. The molecule has 1 atom stereocenters. The molecular formula is C16H23N3O2. The zero-order chi connectivity index (χ0) is 14.7. The SMILES string of the molecule is O=C(NC1CCNC2(CCCCC2)C1)c1c[nH]ccc1=O. The molecule has 0 aromatic carbocycles. The highest BCUT2D eigenvalue weighted by atomic mass is 16.2. The van der Waals surface area contributed by atoms with Crippen LogP contribution >= 0.6 is 0 Å². The molecule has 2 fully saturated rings. The minimum absolute atomic E-state index is 0.163. The van der Waals surface area contributed by atoms with Crippen LogP contribution in [0.5, 0.6) is 0 Å². The van der Waals surface area contributed by atoms with E-state index in [2.05, 4.69) is 15.6 Å². The van der Waals surface area contributed by atoms with E-state index in [9.17, 15) is 9.59 Å². The first-order valence-corrected chi connectivity index (χ1v) is 7.92. The maximum atomic E-state index is 12.3. The van der Waals surface area contributed by atoms with Crippen LogP contribution in [0.1, 0.15) is 55.3 Å². The second kappa shape index (κ2) is 6.02. The summed E-state index contributed by atoms with van der Waals surface area (Å²) in [5.74, 6) is -0.255. The first kappa shape index (κ1) is 14.3. The maximum Gasteiger partial charge on any atom is 0.256 e. The highest BCUT2D eigenvalue weighted by molar-refractivity contribution is 5.93. The fraction of sp³-hybridized carbons (Fsp3) is 0.625. The third kappa shape index (κ3) is 3.18. The van der Waals surface area contributed by atoms with Crippen LogP contribution in [0.15, 0.2) is 23.3 Å². The summed E-state index contributed by atoms with van der Waals surface area (Å²) in [5, 5.41) is 6.72. The van der Waals surface area contributed by atoms with Crippen LogP contribution in [0.4, 0.5) is 0 Å². The predicted molar refractivity (Wildman–Crippen MR) is 81.4 cm³/mol. The Labute approximate surface area is 124 Å². The Hall–Kier alpha value is -1.62. The second-order valence-electron chi connectivity index (χ2n) is 6.35. The minimum Gasteiger partial charge on any atom is -0.367 e. The molecule has 5 heteroatoms. The highest BCUT2D eigenvalue weighted by Gasteiger charge is 2.37. The lowest BCUT2D eigenvalue weighted by atomic mass is 9.75. The molecule has 21 heavy (non-hydrogen) atoms. The summed E-state index contributed by atoms with van der Waals surface area (Å²) in [4.78, 5) is 26.8. The van der Waals surface area contributed by atoms with E-state index in [4.69, 9.17) is 0 Å². The van der Waals surface area contributed by atoms with Crippen molar-refractivity contribution in [1.82, 2.24) is 15.6 Å². The largest absolute Gasteiger partial charge is 0.367 e. The number of nitrogens with one attached hydrogen (secondary N) is 3. The number of carbonyl (C=O) groups excluding carboxylic acids is 1. The molecule has 1 saturated heterocycles. The van der Waals surface area contributed by atoms with Gasteiger partial charge in [0.1, 0.15) is 5.56 Å². The van der Waals surface area contributed by atoms with Gasteiger partial charge >= 0.3 is 0 Å². The monoisotopic (exact) mass is 289 g/mol. The van der Waals surface area contributed by atoms with Crippen molar-refractivity contribution in [2.45, 2.75) is 56.5 Å². The van der Waals surface area contributed by atoms with Crippen LogP contribution in [0.25, 0.3) is 0 Å². The average Bonchev–Trinajstić information content (AvgIpc) is 2.48. The van der Waals surface area contributed by atoms with Gasteiger partial charge in [-0.3, -0.25) is 9.59 Å². The van der Waals surface area contributed by atoms with Crippen LogP contribution in [0.3, 0.4) is 0 Å². The molecule has 1 aliphatic heterocycles. The van der Waals surface area contributed by atoms with E-state index < -0.39 is 0 Å². The number of rotatable bonds is 2. The standard InChI is InChI=1S/C16H23N3O2/c20-14-5-8-17-11-13(14)15(21)19-12-4-9-18-16(10-12)6-2-1-3-7-16/h5,8,11-12,18H,1-4,6-7,9-10H2,(H,17,20)(H,19,21). The van der Waals surface area contributed by atoms with Crippen molar-refractivity contribution >= 4 is 5.91 Å². The maximum absolute atomic E-state index is 12.3. The summed E-state index contributed by atoms with van der Waals surface area (Å²) < 4.78 is 0. The number of H-pyrrole nitrogens is 1. The smallest absolute Gasteiger partial charge is 0.256 e. The van der Waals surface area contributed by atoms with Gasteiger partial charge in [-0.25, -0.2) is 0 Å². The van der Waals surface area contributed by atoms with E-state index in [1.807, 2.05) is 0 Å². The van der Waals surface area contributed by atoms with Gasteiger partial charge in [-0.2, -0.15) is 0 Å². The third-order valence-electron chi connectivity index (χ3n) is 4.84. The van der Waals surface area contributed by atoms with E-state index in [1.54, 1.807) is 6.20 Å². The molecule has 1 spiro atoms. The summed E-state index contributed by atoms with van der Waals surface area (Å²) in [6.45, 7) is 0.941. The number of aromatic nitrogens is 1. The predicted octanol–water partition coefficient (Wildman–Crippen LogP) is 1.56. The van der Waals surface area contributed by atoms with Crippen LogP contribution in [0.2, 0.25) is 0 Å². The van der Waals surface area contributed by atoms with Crippen molar-refractivity contribution in [2.24, 2.45) is 0 Å². The van der Waals surface area contributed by atoms with Crippen molar-refractivity contribution in [2.75, 3.05) is 6.54 Å². The Morgan fingerprint density at radius 1 is 1.29 bits per heavy atom. The number of pyridine rings is 1. The molecule has 2 aliphatic rings. The van der Waals surface area contributed by atoms with Gasteiger partial charge in [0, 0.05) is 30.0 Å². The van der Waals surface area contributed by atoms with Crippen molar-refractivity contribution < 1.29 is 4.79 Å². The normalized spacial score (nSPS) is 24.7. The topological polar surface area (TPSA) is 74.0 Å². The second-order valence-corrected chi connectivity index (χ2v) is 6.35. The van der Waals surface area contributed by atoms with Gasteiger partial charge in [0.05, 0.1) is 0 Å². The fourth-order valence-corrected chi connectivity index (χ4v) is 3.75. The molecule has 5 nitrogen and oxygen atoms in total. The lowest BCUT2D eigenvalue weighted by molar-refractivity contribution is 0.0891. The van der Waals surface area contributed by atoms with Gasteiger partial charge in [0.25, 0.3) is 5.91 Å². The Morgan fingerprint density at radius 3 is 2.86 bits per heavy atom. The van der Waals surface area contributed by atoms with Crippen LogP contribution in [-0.2, 0) is 0 Å². The minimum atomic E-state index is -0.255. The van der Waals surface area contributed by atoms with Gasteiger partial charge in [-0.1, -0.05) is 19.3 Å². The first-order chi connectivity index (χ1) is 10.2. The summed E-state index contributed by atoms with van der Waals surface area (Å²) in [6.07, 6.45) is 11.2. The fourth-order valence-electron chi connectivity index (χ4n) is 3.75. The molecule has 1 aliphatic carbocycles. The lowest BCUT2D eigenvalue weighted by Crippen LogP contribution is -2.57. The van der Waals surface area contributed by atoms with Gasteiger partial charge in [-0.05, 0) is 32.2 Å². The van der Waals surface area contributed by atoms with Gasteiger partial charge < -0.3 is 15.6 Å². The number of hydrogen-bond acceptors (Lipinski definition) is 3. The molecule has 1 amide bonds. The Kier molecular flexibility index (Phi) is 4.10. The van der Waals surface area contributed by atoms with Crippen LogP contribution in [-0.4, -0.2) is 29.0 Å². The summed E-state index contributed by atoms with van der Waals surface area (Å²) in [7, 11) is 0. The zero-order valence-corrected chi connectivity index (χ0v) is 12.3. The summed E-state index contributed by atoms with van der Waals surface area (Å²) >= 11 is 0. The number of piperidine rings is 1. The summed E-state index contributed by atoms with van der Waals surface area (Å²) in [5.41, 5.74) is 0.179. The van der Waals surface area contributed by atoms with E-state index in [0.717, 1.165) is 19.4 Å². The van der Waals surface area contributed by atoms with Crippen molar-refractivity contribution in [1.29, 1.82) is 0 Å². The van der Waals surface area contributed by atoms with Gasteiger partial charge in [0.15, 0.2) is 5.43 Å². The Bertz CT molecular complexity index is 555. The molecule has 0 radical (unpaired) electrons. The number of amides is 1. The average molecular weight is 289 g/mol. The molecule has 3 N–H and O–H groups in total. The van der Waals surface area contributed by atoms with Crippen molar-refractivity contribution in [3.8, 4) is 0 Å². The van der Waals surface area contributed by atoms with E-state index in [-0.39, 0.29) is 28.5 Å². The van der Waals surface area contributed by atoms with Crippen molar-refractivity contribution in [3.05, 3.63) is 34.2 Å². The van der Waals surface area contributed by atoms with Crippen LogP contribution in [0, 0.1) is 0 Å². The highest BCUT2D eigenvalue weighted by Crippen LogP contribution is 2.34. The molecule has 1 aromatic rings. The Balaban J connectivity index is 1.66. The quantitative estimate of drug-likeness (QED) is 0.773. The van der Waals surface area contributed by atoms with E-state index in [0.29, 0.717) is 0 Å². The van der Waals surface area contributed by atoms with E-state index >= 15 is 0 Å². The number of hydrogen-bond donors (Lipinski definition) is 3.